The third-order valence-corrected chi connectivity index (χ3v) is 2.81. The Hall–Kier alpha value is -1.46. The normalized spacial score (nSPS) is 14.0. The maximum Gasteiger partial charge on any atom is 0.119 e. The van der Waals surface area contributed by atoms with Crippen LogP contribution in [0.3, 0.4) is 0 Å². The van der Waals surface area contributed by atoms with E-state index < -0.39 is 0 Å². The minimum atomic E-state index is 0.131. The molecule has 0 bridgehead atoms. The van der Waals surface area contributed by atoms with Crippen LogP contribution in [0.4, 0.5) is 0 Å². The molecule has 1 N–H and O–H groups in total. The van der Waals surface area contributed by atoms with Gasteiger partial charge < -0.3 is 4.74 Å². The quantitative estimate of drug-likeness (QED) is 0.774. The number of nitrogens with one attached hydrogen (secondary N) is 1. The molecule has 0 aromatic heterocycles. The number of rotatable bonds is 6. The van der Waals surface area contributed by atoms with Crippen molar-refractivity contribution >= 4 is 0 Å². The van der Waals surface area contributed by atoms with Gasteiger partial charge in [0.25, 0.3) is 0 Å². The molecule has 0 amide bonds. The van der Waals surface area contributed by atoms with Crippen LogP contribution in [0.2, 0.25) is 0 Å². The van der Waals surface area contributed by atoms with Gasteiger partial charge in [-0.2, -0.15) is 0 Å². The monoisotopic (exact) mass is 245 g/mol. The molecule has 2 unspecified atom stereocenters. The average molecular weight is 245 g/mol. The van der Waals surface area contributed by atoms with E-state index in [-0.39, 0.29) is 18.2 Å². The standard InChI is InChI=1S/C16H23NO/c1-6-15(7-2)17-13(5)14-8-10-16(11-9-14)18-12(3)4/h1,8-13,15,17H,7H2,2-5H3. The van der Waals surface area contributed by atoms with Gasteiger partial charge in [-0.05, 0) is 44.9 Å². The molecule has 0 saturated carbocycles. The fraction of sp³-hybridized carbons (Fsp3) is 0.500. The lowest BCUT2D eigenvalue weighted by Gasteiger charge is -2.19. The van der Waals surface area contributed by atoms with Gasteiger partial charge in [-0.15, -0.1) is 6.42 Å². The Morgan fingerprint density at radius 2 is 1.83 bits per heavy atom. The Kier molecular flexibility index (Phi) is 5.74. The fourth-order valence-corrected chi connectivity index (χ4v) is 1.79. The summed E-state index contributed by atoms with van der Waals surface area (Å²) in [6.45, 7) is 8.26. The SMILES string of the molecule is C#CC(CC)NC(C)c1ccc(OC(C)C)cc1. The second-order valence-electron chi connectivity index (χ2n) is 4.75. The molecule has 0 aliphatic carbocycles. The summed E-state index contributed by atoms with van der Waals surface area (Å²) in [5, 5.41) is 3.42. The number of benzene rings is 1. The smallest absolute Gasteiger partial charge is 0.119 e. The highest BCUT2D eigenvalue weighted by Gasteiger charge is 2.09. The third-order valence-electron chi connectivity index (χ3n) is 2.81. The number of hydrogen-bond acceptors (Lipinski definition) is 2. The predicted octanol–water partition coefficient (Wildman–Crippen LogP) is 3.54. The predicted molar refractivity (Wildman–Crippen MR) is 76.7 cm³/mol. The molecule has 0 aliphatic heterocycles. The Balaban J connectivity index is 2.64. The van der Waals surface area contributed by atoms with Crippen LogP contribution in [0, 0.1) is 12.3 Å². The molecule has 0 heterocycles. The average Bonchev–Trinajstić information content (AvgIpc) is 2.35. The van der Waals surface area contributed by atoms with Crippen molar-refractivity contribution in [1.82, 2.24) is 5.32 Å². The lowest BCUT2D eigenvalue weighted by molar-refractivity contribution is 0.242. The van der Waals surface area contributed by atoms with Gasteiger partial charge >= 0.3 is 0 Å². The fourth-order valence-electron chi connectivity index (χ4n) is 1.79. The summed E-state index contributed by atoms with van der Waals surface area (Å²) in [6.07, 6.45) is 6.60. The van der Waals surface area contributed by atoms with Crippen molar-refractivity contribution in [2.75, 3.05) is 0 Å². The molecule has 2 nitrogen and oxygen atoms in total. The number of terminal acetylenes is 1. The van der Waals surface area contributed by atoms with E-state index in [1.807, 2.05) is 26.0 Å². The molecule has 0 saturated heterocycles. The molecule has 1 aromatic carbocycles. The van der Waals surface area contributed by atoms with Crippen molar-refractivity contribution in [1.29, 1.82) is 0 Å². The molecular weight excluding hydrogens is 222 g/mol. The van der Waals surface area contributed by atoms with Crippen molar-refractivity contribution in [3.8, 4) is 18.1 Å². The van der Waals surface area contributed by atoms with Gasteiger partial charge in [0.1, 0.15) is 5.75 Å². The van der Waals surface area contributed by atoms with E-state index in [0.717, 1.165) is 12.2 Å². The van der Waals surface area contributed by atoms with Crippen LogP contribution >= 0.6 is 0 Å². The molecule has 0 aliphatic rings. The van der Waals surface area contributed by atoms with Crippen LogP contribution in [-0.4, -0.2) is 12.1 Å². The van der Waals surface area contributed by atoms with Crippen LogP contribution in [0.5, 0.6) is 5.75 Å². The zero-order chi connectivity index (χ0) is 13.5. The van der Waals surface area contributed by atoms with E-state index in [2.05, 4.69) is 37.2 Å². The third kappa shape index (κ3) is 4.43. The summed E-state index contributed by atoms with van der Waals surface area (Å²) in [6, 6.07) is 8.55. The van der Waals surface area contributed by atoms with E-state index in [1.165, 1.54) is 5.56 Å². The number of ether oxygens (including phenoxy) is 1. The summed E-state index contributed by atoms with van der Waals surface area (Å²) in [4.78, 5) is 0. The zero-order valence-corrected chi connectivity index (χ0v) is 11.7. The first-order valence-corrected chi connectivity index (χ1v) is 6.55. The van der Waals surface area contributed by atoms with Crippen molar-refractivity contribution < 1.29 is 4.74 Å². The van der Waals surface area contributed by atoms with E-state index in [9.17, 15) is 0 Å². The van der Waals surface area contributed by atoms with E-state index in [1.54, 1.807) is 0 Å². The van der Waals surface area contributed by atoms with Crippen LogP contribution in [0.25, 0.3) is 0 Å². The van der Waals surface area contributed by atoms with Crippen LogP contribution in [0.15, 0.2) is 24.3 Å². The van der Waals surface area contributed by atoms with Gasteiger partial charge in [-0.1, -0.05) is 25.0 Å². The second kappa shape index (κ2) is 7.08. The lowest BCUT2D eigenvalue weighted by atomic mass is 10.1. The van der Waals surface area contributed by atoms with E-state index in [4.69, 9.17) is 11.2 Å². The molecule has 1 rings (SSSR count). The Morgan fingerprint density at radius 1 is 1.22 bits per heavy atom. The number of hydrogen-bond donors (Lipinski definition) is 1. The molecule has 18 heavy (non-hydrogen) atoms. The van der Waals surface area contributed by atoms with Crippen molar-refractivity contribution in [2.45, 2.75) is 52.3 Å². The topological polar surface area (TPSA) is 21.3 Å². The first kappa shape index (κ1) is 14.6. The summed E-state index contributed by atoms with van der Waals surface area (Å²) >= 11 is 0. The van der Waals surface area contributed by atoms with Crippen molar-refractivity contribution in [3.63, 3.8) is 0 Å². The largest absolute Gasteiger partial charge is 0.491 e. The lowest BCUT2D eigenvalue weighted by Crippen LogP contribution is -2.29. The van der Waals surface area contributed by atoms with Gasteiger partial charge in [-0.25, -0.2) is 0 Å². The summed E-state index contributed by atoms with van der Waals surface area (Å²) < 4.78 is 5.62. The molecule has 2 atom stereocenters. The molecule has 2 heteroatoms. The molecule has 1 aromatic rings. The van der Waals surface area contributed by atoms with Crippen molar-refractivity contribution in [3.05, 3.63) is 29.8 Å². The van der Waals surface area contributed by atoms with Gasteiger partial charge in [-0.3, -0.25) is 5.32 Å². The van der Waals surface area contributed by atoms with Crippen molar-refractivity contribution in [2.24, 2.45) is 0 Å². The summed E-state index contributed by atoms with van der Waals surface area (Å²) in [5.74, 6) is 3.66. The Bertz CT molecular complexity index is 389. The molecule has 0 fully saturated rings. The summed E-state index contributed by atoms with van der Waals surface area (Å²) in [7, 11) is 0. The minimum Gasteiger partial charge on any atom is -0.491 e. The molecular formula is C16H23NO. The van der Waals surface area contributed by atoms with E-state index >= 15 is 0 Å². The van der Waals surface area contributed by atoms with Gasteiger partial charge in [0.2, 0.25) is 0 Å². The highest BCUT2D eigenvalue weighted by molar-refractivity contribution is 5.29. The van der Waals surface area contributed by atoms with E-state index in [0.29, 0.717) is 0 Å². The second-order valence-corrected chi connectivity index (χ2v) is 4.75. The van der Waals surface area contributed by atoms with Gasteiger partial charge in [0.05, 0.1) is 12.1 Å². The molecule has 0 spiro atoms. The first-order valence-electron chi connectivity index (χ1n) is 6.55. The maximum absolute atomic E-state index is 5.62. The molecule has 0 radical (unpaired) electrons. The van der Waals surface area contributed by atoms with Crippen LogP contribution < -0.4 is 10.1 Å². The maximum atomic E-state index is 5.62. The Labute approximate surface area is 111 Å². The zero-order valence-electron chi connectivity index (χ0n) is 11.7. The Morgan fingerprint density at radius 3 is 2.28 bits per heavy atom. The minimum absolute atomic E-state index is 0.131. The van der Waals surface area contributed by atoms with Gasteiger partial charge in [0.15, 0.2) is 0 Å². The molecule has 98 valence electrons. The summed E-state index contributed by atoms with van der Waals surface area (Å²) in [5.41, 5.74) is 1.22. The van der Waals surface area contributed by atoms with Gasteiger partial charge in [0, 0.05) is 6.04 Å². The van der Waals surface area contributed by atoms with Crippen LogP contribution in [0.1, 0.15) is 45.7 Å². The van der Waals surface area contributed by atoms with Crippen LogP contribution in [-0.2, 0) is 0 Å². The first-order chi connectivity index (χ1) is 8.56. The highest BCUT2D eigenvalue weighted by atomic mass is 16.5. The highest BCUT2D eigenvalue weighted by Crippen LogP contribution is 2.19.